The smallest absolute Gasteiger partial charge is 0.342 e. The molecule has 0 fully saturated rings. The van der Waals surface area contributed by atoms with Crippen LogP contribution in [0.5, 0.6) is 11.5 Å². The summed E-state index contributed by atoms with van der Waals surface area (Å²) in [6.45, 7) is 0.113. The van der Waals surface area contributed by atoms with Crippen LogP contribution in [0.15, 0.2) is 59.5 Å². The summed E-state index contributed by atoms with van der Waals surface area (Å²) < 4.78 is 25.0. The predicted octanol–water partition coefficient (Wildman–Crippen LogP) is 3.88. The summed E-state index contributed by atoms with van der Waals surface area (Å²) in [6.07, 6.45) is 0.358. The molecule has 9 heteroatoms. The lowest BCUT2D eigenvalue weighted by molar-refractivity contribution is -0.185. The van der Waals surface area contributed by atoms with Gasteiger partial charge in [0.15, 0.2) is 11.5 Å². The zero-order valence-corrected chi connectivity index (χ0v) is 17.5. The molecule has 0 amide bonds. The van der Waals surface area contributed by atoms with Crippen LogP contribution in [-0.2, 0) is 21.7 Å². The van der Waals surface area contributed by atoms with E-state index >= 15 is 0 Å². The minimum absolute atomic E-state index is 0.113. The predicted molar refractivity (Wildman–Crippen MR) is 115 cm³/mol. The number of thiophene rings is 1. The molecular formula is C22H14N2O5S2. The van der Waals surface area contributed by atoms with Crippen LogP contribution in [0.25, 0.3) is 16.6 Å². The number of carbonyl (C=O) groups excluding carboxylic acids is 1. The highest BCUT2D eigenvalue weighted by Crippen LogP contribution is 2.47. The van der Waals surface area contributed by atoms with Crippen molar-refractivity contribution in [3.63, 3.8) is 0 Å². The lowest BCUT2D eigenvalue weighted by Gasteiger charge is -2.25. The molecular weight excluding hydrogens is 436 g/mol. The highest BCUT2D eigenvalue weighted by Gasteiger charge is 2.48. The minimum atomic E-state index is -1.92. The van der Waals surface area contributed by atoms with Gasteiger partial charge in [0.2, 0.25) is 6.79 Å². The van der Waals surface area contributed by atoms with E-state index in [0.29, 0.717) is 45.7 Å². The summed E-state index contributed by atoms with van der Waals surface area (Å²) in [5.74, 6) is -1.43. The van der Waals surface area contributed by atoms with Crippen LogP contribution in [0.1, 0.15) is 16.0 Å². The summed E-state index contributed by atoms with van der Waals surface area (Å²) in [4.78, 5) is 14.1. The van der Waals surface area contributed by atoms with Gasteiger partial charge >= 0.3 is 5.97 Å². The second-order valence-electron chi connectivity index (χ2n) is 7.18. The molecule has 4 aromatic rings. The quantitative estimate of drug-likeness (QED) is 0.472. The maximum absolute atomic E-state index is 13.1. The molecule has 2 aliphatic heterocycles. The molecule has 4 heterocycles. The zero-order chi connectivity index (χ0) is 21.0. The third-order valence-electron chi connectivity index (χ3n) is 5.39. The standard InChI is InChI=1S/C22H14N2O5S2/c25-21-20(12-3-5-16-17(8-12)24-31-23-16)15(10-14-2-1-7-30-14)22(26,29-21)13-4-6-18-19(9-13)28-11-27-18/h1-9,26H,10-11H2. The van der Waals surface area contributed by atoms with Crippen LogP contribution in [0.2, 0.25) is 0 Å². The minimum Gasteiger partial charge on any atom is -0.454 e. The van der Waals surface area contributed by atoms with Gasteiger partial charge in [-0.3, -0.25) is 0 Å². The van der Waals surface area contributed by atoms with Crippen molar-refractivity contribution in [3.8, 4) is 11.5 Å². The lowest BCUT2D eigenvalue weighted by atomic mass is 9.89. The number of fused-ring (bicyclic) bond motifs is 2. The molecule has 0 radical (unpaired) electrons. The summed E-state index contributed by atoms with van der Waals surface area (Å²) >= 11 is 2.66. The second-order valence-corrected chi connectivity index (χ2v) is 8.74. The fourth-order valence-electron chi connectivity index (χ4n) is 3.91. The van der Waals surface area contributed by atoms with Gasteiger partial charge in [0, 0.05) is 22.4 Å². The number of carbonyl (C=O) groups is 1. The van der Waals surface area contributed by atoms with Crippen LogP contribution in [-0.4, -0.2) is 26.6 Å². The van der Waals surface area contributed by atoms with Crippen LogP contribution < -0.4 is 9.47 Å². The van der Waals surface area contributed by atoms with Crippen LogP contribution >= 0.6 is 23.1 Å². The van der Waals surface area contributed by atoms with Crippen molar-refractivity contribution >= 4 is 45.6 Å². The molecule has 154 valence electrons. The van der Waals surface area contributed by atoms with E-state index in [2.05, 4.69) is 8.75 Å². The number of aliphatic hydroxyl groups is 1. The average Bonchev–Trinajstić information content (AvgIpc) is 3.55. The van der Waals surface area contributed by atoms with Gasteiger partial charge in [0.25, 0.3) is 5.79 Å². The molecule has 1 N–H and O–H groups in total. The zero-order valence-electron chi connectivity index (χ0n) is 15.9. The molecule has 1 atom stereocenters. The number of ether oxygens (including phenoxy) is 3. The Morgan fingerprint density at radius 2 is 1.90 bits per heavy atom. The third-order valence-corrected chi connectivity index (χ3v) is 6.83. The lowest BCUT2D eigenvalue weighted by Crippen LogP contribution is -2.29. The largest absolute Gasteiger partial charge is 0.454 e. The van der Waals surface area contributed by atoms with E-state index in [1.54, 1.807) is 41.7 Å². The summed E-state index contributed by atoms with van der Waals surface area (Å²) in [7, 11) is 0. The number of nitrogens with zero attached hydrogens (tertiary/aromatic N) is 2. The summed E-state index contributed by atoms with van der Waals surface area (Å²) in [5, 5.41) is 13.7. The van der Waals surface area contributed by atoms with Gasteiger partial charge in [-0.1, -0.05) is 12.1 Å². The SMILES string of the molecule is O=C1OC(O)(c2ccc3c(c2)OCO3)C(Cc2cccs2)=C1c1ccc2nsnc2c1. The Kier molecular flexibility index (Phi) is 4.10. The summed E-state index contributed by atoms with van der Waals surface area (Å²) in [6, 6.07) is 14.4. The maximum atomic E-state index is 13.1. The average molecular weight is 450 g/mol. The summed E-state index contributed by atoms with van der Waals surface area (Å²) in [5.41, 5.74) is 3.30. The van der Waals surface area contributed by atoms with E-state index in [4.69, 9.17) is 14.2 Å². The Bertz CT molecular complexity index is 1360. The molecule has 0 saturated heterocycles. The monoisotopic (exact) mass is 450 g/mol. The Hall–Kier alpha value is -3.27. The molecule has 7 nitrogen and oxygen atoms in total. The first kappa shape index (κ1) is 18.5. The molecule has 31 heavy (non-hydrogen) atoms. The first-order valence-electron chi connectivity index (χ1n) is 9.46. The number of cyclic esters (lactones) is 1. The van der Waals surface area contributed by atoms with Gasteiger partial charge in [-0.25, -0.2) is 4.79 Å². The van der Waals surface area contributed by atoms with E-state index in [9.17, 15) is 9.90 Å². The molecule has 0 aliphatic carbocycles. The van der Waals surface area contributed by atoms with Crippen LogP contribution in [0.4, 0.5) is 0 Å². The molecule has 1 unspecified atom stereocenters. The Morgan fingerprint density at radius 3 is 2.77 bits per heavy atom. The third kappa shape index (κ3) is 2.93. The number of benzene rings is 2. The van der Waals surface area contributed by atoms with Crippen molar-refractivity contribution in [2.45, 2.75) is 12.2 Å². The van der Waals surface area contributed by atoms with E-state index in [1.165, 1.54) is 0 Å². The van der Waals surface area contributed by atoms with Gasteiger partial charge in [-0.15, -0.1) is 11.3 Å². The molecule has 6 rings (SSSR count). The molecule has 0 bridgehead atoms. The molecule has 0 spiro atoms. The fourth-order valence-corrected chi connectivity index (χ4v) is 5.14. The van der Waals surface area contributed by atoms with Crippen molar-refractivity contribution < 1.29 is 24.1 Å². The number of esters is 1. The molecule has 2 aromatic carbocycles. The van der Waals surface area contributed by atoms with Crippen LogP contribution in [0, 0.1) is 0 Å². The Balaban J connectivity index is 1.54. The topological polar surface area (TPSA) is 90.8 Å². The molecule has 2 aromatic heterocycles. The van der Waals surface area contributed by atoms with Crippen molar-refractivity contribution in [1.29, 1.82) is 0 Å². The van der Waals surface area contributed by atoms with Crippen LogP contribution in [0.3, 0.4) is 0 Å². The molecule has 0 saturated carbocycles. The Morgan fingerprint density at radius 1 is 1.03 bits per heavy atom. The number of hydrogen-bond donors (Lipinski definition) is 1. The Labute approximate surface area is 184 Å². The van der Waals surface area contributed by atoms with Crippen molar-refractivity contribution in [2.75, 3.05) is 6.79 Å². The highest BCUT2D eigenvalue weighted by molar-refractivity contribution is 7.09. The number of rotatable bonds is 4. The van der Waals surface area contributed by atoms with Crippen molar-refractivity contribution in [1.82, 2.24) is 8.75 Å². The second kappa shape index (κ2) is 6.88. The first-order chi connectivity index (χ1) is 15.1. The highest BCUT2D eigenvalue weighted by atomic mass is 32.1. The van der Waals surface area contributed by atoms with Crippen molar-refractivity contribution in [2.24, 2.45) is 0 Å². The van der Waals surface area contributed by atoms with Gasteiger partial charge in [0.05, 0.1) is 17.3 Å². The van der Waals surface area contributed by atoms with E-state index in [1.807, 2.05) is 23.6 Å². The van der Waals surface area contributed by atoms with Crippen molar-refractivity contribution in [3.05, 3.63) is 75.5 Å². The fraction of sp³-hybridized carbons (Fsp3) is 0.136. The van der Waals surface area contributed by atoms with Gasteiger partial charge in [0.1, 0.15) is 11.0 Å². The number of hydrogen-bond acceptors (Lipinski definition) is 9. The molecule has 2 aliphatic rings. The normalized spacial score (nSPS) is 20.0. The van der Waals surface area contributed by atoms with E-state index < -0.39 is 11.8 Å². The maximum Gasteiger partial charge on any atom is 0.342 e. The van der Waals surface area contributed by atoms with Gasteiger partial charge in [-0.05, 0) is 47.3 Å². The number of aromatic nitrogens is 2. The van der Waals surface area contributed by atoms with Gasteiger partial charge < -0.3 is 19.3 Å². The van der Waals surface area contributed by atoms with Gasteiger partial charge in [-0.2, -0.15) is 8.75 Å². The van der Waals surface area contributed by atoms with E-state index in [-0.39, 0.29) is 6.79 Å². The van der Waals surface area contributed by atoms with E-state index in [0.717, 1.165) is 22.1 Å². The first-order valence-corrected chi connectivity index (χ1v) is 11.1.